The van der Waals surface area contributed by atoms with E-state index >= 15 is 0 Å². The zero-order valence-corrected chi connectivity index (χ0v) is 13.7. The summed E-state index contributed by atoms with van der Waals surface area (Å²) in [6.45, 7) is 2.03. The third-order valence-corrected chi connectivity index (χ3v) is 4.50. The Hall–Kier alpha value is -2.40. The van der Waals surface area contributed by atoms with Crippen molar-refractivity contribution in [3.05, 3.63) is 53.3 Å². The quantitative estimate of drug-likeness (QED) is 0.772. The molecule has 1 aliphatic carbocycles. The molecule has 0 aliphatic heterocycles. The van der Waals surface area contributed by atoms with Crippen molar-refractivity contribution >= 4 is 29.0 Å². The molecular weight excluding hydrogens is 329 g/mol. The lowest BCUT2D eigenvalue weighted by Crippen LogP contribution is -2.15. The largest absolute Gasteiger partial charge is 0.309 e. The van der Waals surface area contributed by atoms with Crippen LogP contribution in [0.5, 0.6) is 0 Å². The Kier molecular flexibility index (Phi) is 3.53. The lowest BCUT2D eigenvalue weighted by Gasteiger charge is -2.07. The average Bonchev–Trinajstić information content (AvgIpc) is 3.15. The monoisotopic (exact) mass is 343 g/mol. The fraction of sp³-hybridized carbons (Fsp3) is 0.222. The summed E-state index contributed by atoms with van der Waals surface area (Å²) in [6.07, 6.45) is 2.95. The Bertz CT molecular complexity index is 953. The Balaban J connectivity index is 1.66. The van der Waals surface area contributed by atoms with Crippen LogP contribution >= 0.6 is 11.6 Å². The number of halogens is 2. The van der Waals surface area contributed by atoms with E-state index in [4.69, 9.17) is 11.6 Å². The number of nitrogens with one attached hydrogen (secondary N) is 1. The van der Waals surface area contributed by atoms with E-state index in [1.807, 2.05) is 47.9 Å². The maximum Gasteiger partial charge on any atom is 0.231 e. The number of anilines is 1. The van der Waals surface area contributed by atoms with Gasteiger partial charge in [0.1, 0.15) is 11.8 Å². The molecule has 0 bridgehead atoms. The first-order valence-electron chi connectivity index (χ1n) is 7.71. The first kappa shape index (κ1) is 15.1. The summed E-state index contributed by atoms with van der Waals surface area (Å²) < 4.78 is 14.8. The molecule has 6 heteroatoms. The standard InChI is InChI=1S/C18H15ClFN3O/c1-10-2-4-12(19)6-13(10)11-3-5-17-21-16(9-23(17)8-11)22-18(24)14-7-15(14)20/h2-6,8-9,14-15H,7H2,1H3,(H,22,24). The number of carbonyl (C=O) groups is 1. The molecule has 0 radical (unpaired) electrons. The number of pyridine rings is 1. The molecule has 1 fully saturated rings. The molecule has 1 aromatic carbocycles. The van der Waals surface area contributed by atoms with Gasteiger partial charge in [-0.15, -0.1) is 0 Å². The molecule has 1 N–H and O–H groups in total. The Labute approximate surface area is 143 Å². The molecule has 2 atom stereocenters. The second-order valence-electron chi connectivity index (χ2n) is 6.12. The minimum Gasteiger partial charge on any atom is -0.309 e. The van der Waals surface area contributed by atoms with Crippen LogP contribution in [0, 0.1) is 12.8 Å². The van der Waals surface area contributed by atoms with Crippen LogP contribution in [0.3, 0.4) is 0 Å². The Morgan fingerprint density at radius 1 is 1.33 bits per heavy atom. The van der Waals surface area contributed by atoms with Gasteiger partial charge >= 0.3 is 0 Å². The Morgan fingerprint density at radius 3 is 2.88 bits per heavy atom. The zero-order chi connectivity index (χ0) is 16.8. The fourth-order valence-electron chi connectivity index (χ4n) is 2.77. The van der Waals surface area contributed by atoms with Crippen LogP contribution in [0.15, 0.2) is 42.7 Å². The molecule has 4 nitrogen and oxygen atoms in total. The van der Waals surface area contributed by atoms with Gasteiger partial charge in [0.25, 0.3) is 0 Å². The van der Waals surface area contributed by atoms with Gasteiger partial charge in [0.2, 0.25) is 5.91 Å². The summed E-state index contributed by atoms with van der Waals surface area (Å²) in [5.41, 5.74) is 3.88. The SMILES string of the molecule is Cc1ccc(Cl)cc1-c1ccc2nc(NC(=O)C3CC3F)cn2c1. The summed E-state index contributed by atoms with van der Waals surface area (Å²) in [6, 6.07) is 9.60. The zero-order valence-electron chi connectivity index (χ0n) is 13.0. The molecule has 3 aromatic rings. The van der Waals surface area contributed by atoms with E-state index in [2.05, 4.69) is 10.3 Å². The number of fused-ring (bicyclic) bond motifs is 1. The van der Waals surface area contributed by atoms with Crippen molar-refractivity contribution in [3.8, 4) is 11.1 Å². The van der Waals surface area contributed by atoms with E-state index in [0.29, 0.717) is 22.9 Å². The van der Waals surface area contributed by atoms with Gasteiger partial charge in [0, 0.05) is 11.2 Å². The summed E-state index contributed by atoms with van der Waals surface area (Å²) in [5.74, 6) is -0.407. The third kappa shape index (κ3) is 2.76. The molecule has 4 rings (SSSR count). The maximum atomic E-state index is 12.9. The maximum absolute atomic E-state index is 12.9. The van der Waals surface area contributed by atoms with Crippen LogP contribution < -0.4 is 5.32 Å². The van der Waals surface area contributed by atoms with Gasteiger partial charge in [-0.2, -0.15) is 0 Å². The highest BCUT2D eigenvalue weighted by molar-refractivity contribution is 6.30. The summed E-state index contributed by atoms with van der Waals surface area (Å²) in [4.78, 5) is 16.2. The van der Waals surface area contributed by atoms with E-state index in [1.165, 1.54) is 0 Å². The molecule has 1 amide bonds. The summed E-state index contributed by atoms with van der Waals surface area (Å²) >= 11 is 6.10. The first-order chi connectivity index (χ1) is 11.5. The molecule has 1 aliphatic rings. The van der Waals surface area contributed by atoms with Gasteiger partial charge < -0.3 is 9.72 Å². The van der Waals surface area contributed by atoms with Gasteiger partial charge in [-0.05, 0) is 54.3 Å². The van der Waals surface area contributed by atoms with Crippen molar-refractivity contribution in [1.29, 1.82) is 0 Å². The minimum absolute atomic E-state index is 0.303. The first-order valence-corrected chi connectivity index (χ1v) is 8.09. The smallest absolute Gasteiger partial charge is 0.231 e. The van der Waals surface area contributed by atoms with E-state index in [-0.39, 0.29) is 5.91 Å². The van der Waals surface area contributed by atoms with Crippen molar-refractivity contribution in [1.82, 2.24) is 9.38 Å². The molecule has 24 heavy (non-hydrogen) atoms. The van der Waals surface area contributed by atoms with Crippen molar-refractivity contribution in [3.63, 3.8) is 0 Å². The van der Waals surface area contributed by atoms with Crippen LogP contribution in [-0.4, -0.2) is 21.5 Å². The lowest BCUT2D eigenvalue weighted by molar-refractivity contribution is -0.117. The average molecular weight is 344 g/mol. The number of hydrogen-bond donors (Lipinski definition) is 1. The normalized spacial score (nSPS) is 19.5. The van der Waals surface area contributed by atoms with Crippen molar-refractivity contribution in [2.75, 3.05) is 5.32 Å². The number of benzene rings is 1. The van der Waals surface area contributed by atoms with Crippen LogP contribution in [-0.2, 0) is 4.79 Å². The van der Waals surface area contributed by atoms with Crippen molar-refractivity contribution in [2.24, 2.45) is 5.92 Å². The number of aryl methyl sites for hydroxylation is 1. The van der Waals surface area contributed by atoms with Crippen molar-refractivity contribution < 1.29 is 9.18 Å². The van der Waals surface area contributed by atoms with Crippen LogP contribution in [0.25, 0.3) is 16.8 Å². The third-order valence-electron chi connectivity index (χ3n) is 4.26. The number of hydrogen-bond acceptors (Lipinski definition) is 2. The number of aromatic nitrogens is 2. The highest BCUT2D eigenvalue weighted by Crippen LogP contribution is 2.34. The molecular formula is C18H15ClFN3O. The van der Waals surface area contributed by atoms with Crippen LogP contribution in [0.1, 0.15) is 12.0 Å². The fourth-order valence-corrected chi connectivity index (χ4v) is 2.94. The van der Waals surface area contributed by atoms with Gasteiger partial charge in [0.15, 0.2) is 5.82 Å². The van der Waals surface area contributed by atoms with E-state index in [9.17, 15) is 9.18 Å². The number of alkyl halides is 1. The topological polar surface area (TPSA) is 46.4 Å². The summed E-state index contributed by atoms with van der Waals surface area (Å²) in [5, 5.41) is 3.35. The molecule has 1 saturated carbocycles. The highest BCUT2D eigenvalue weighted by atomic mass is 35.5. The van der Waals surface area contributed by atoms with E-state index in [0.717, 1.165) is 16.7 Å². The Morgan fingerprint density at radius 2 is 2.12 bits per heavy atom. The van der Waals surface area contributed by atoms with Gasteiger partial charge in [-0.25, -0.2) is 9.37 Å². The van der Waals surface area contributed by atoms with Crippen LogP contribution in [0.2, 0.25) is 5.02 Å². The molecule has 2 heterocycles. The molecule has 0 spiro atoms. The van der Waals surface area contributed by atoms with Crippen LogP contribution in [0.4, 0.5) is 10.2 Å². The predicted molar refractivity (Wildman–Crippen MR) is 92.0 cm³/mol. The van der Waals surface area contributed by atoms with Gasteiger partial charge in [-0.1, -0.05) is 17.7 Å². The number of carbonyl (C=O) groups excluding carboxylic acids is 1. The number of amides is 1. The van der Waals surface area contributed by atoms with Gasteiger partial charge in [-0.3, -0.25) is 4.79 Å². The molecule has 0 saturated heterocycles. The number of imidazole rings is 1. The number of rotatable bonds is 3. The highest BCUT2D eigenvalue weighted by Gasteiger charge is 2.43. The van der Waals surface area contributed by atoms with E-state index < -0.39 is 12.1 Å². The van der Waals surface area contributed by atoms with E-state index in [1.54, 1.807) is 6.20 Å². The van der Waals surface area contributed by atoms with Gasteiger partial charge in [0.05, 0.1) is 12.1 Å². The molecule has 122 valence electrons. The lowest BCUT2D eigenvalue weighted by atomic mass is 10.0. The minimum atomic E-state index is -1.01. The summed E-state index contributed by atoms with van der Waals surface area (Å²) in [7, 11) is 0. The second-order valence-corrected chi connectivity index (χ2v) is 6.55. The predicted octanol–water partition coefficient (Wildman–Crippen LogP) is 4.26. The van der Waals surface area contributed by atoms with Crippen molar-refractivity contribution in [2.45, 2.75) is 19.5 Å². The number of nitrogens with zero attached hydrogens (tertiary/aromatic N) is 2. The molecule has 2 aromatic heterocycles. The molecule has 2 unspecified atom stereocenters. The second kappa shape index (κ2) is 5.60.